The van der Waals surface area contributed by atoms with Gasteiger partial charge in [-0.15, -0.1) is 0 Å². The Morgan fingerprint density at radius 1 is 1.24 bits per heavy atom. The lowest BCUT2D eigenvalue weighted by atomic mass is 9.91. The number of hydrogen-bond acceptors (Lipinski definition) is 5. The Labute approximate surface area is 202 Å². The van der Waals surface area contributed by atoms with Crippen molar-refractivity contribution < 1.29 is 9.90 Å². The number of nitrogens with zero attached hydrogens (tertiary/aromatic N) is 4. The summed E-state index contributed by atoms with van der Waals surface area (Å²) in [6.45, 7) is 2.02. The number of carboxylic acid groups (broad SMARTS) is 1. The highest BCUT2D eigenvalue weighted by atomic mass is 35.5. The van der Waals surface area contributed by atoms with Crippen LogP contribution >= 0.6 is 11.6 Å². The zero-order valence-electron chi connectivity index (χ0n) is 18.8. The molecule has 8 heteroatoms. The third-order valence-corrected chi connectivity index (χ3v) is 7.00. The standard InChI is InChI=1S/C26H24ClN5O2/c1-31-9-8-18-16(13-31)10-17(11-20(18)15-6-7-15)29-26-28-12-22(27)24(30-26)32-14-21(25(33)34)19-4-2-3-5-23(19)32/h2-5,10-12,14-15H,6-9,13H2,1H3,(H,33,34)(H,28,29,30). The Kier molecular flexibility index (Phi) is 5.04. The number of rotatable bonds is 5. The first-order valence-corrected chi connectivity index (χ1v) is 11.8. The van der Waals surface area contributed by atoms with Crippen molar-refractivity contribution in [1.29, 1.82) is 0 Å². The highest BCUT2D eigenvalue weighted by molar-refractivity contribution is 6.32. The molecule has 1 fully saturated rings. The van der Waals surface area contributed by atoms with Crippen LogP contribution in [0.1, 0.15) is 45.8 Å². The molecule has 172 valence electrons. The molecule has 0 spiro atoms. The maximum absolute atomic E-state index is 11.8. The predicted octanol–water partition coefficient (Wildman–Crippen LogP) is 5.38. The van der Waals surface area contributed by atoms with Crippen LogP contribution in [0.3, 0.4) is 0 Å². The molecule has 1 saturated carbocycles. The molecule has 2 aromatic heterocycles. The first kappa shape index (κ1) is 21.1. The lowest BCUT2D eigenvalue weighted by Gasteiger charge is -2.28. The monoisotopic (exact) mass is 473 g/mol. The van der Waals surface area contributed by atoms with Crippen molar-refractivity contribution in [2.24, 2.45) is 0 Å². The second kappa shape index (κ2) is 8.11. The Balaban J connectivity index is 1.40. The number of aromatic nitrogens is 3. The number of nitrogens with one attached hydrogen (secondary N) is 1. The molecule has 1 aliphatic heterocycles. The van der Waals surface area contributed by atoms with Crippen LogP contribution in [0.15, 0.2) is 48.8 Å². The van der Waals surface area contributed by atoms with E-state index in [0.29, 0.717) is 28.1 Å². The van der Waals surface area contributed by atoms with E-state index in [9.17, 15) is 9.90 Å². The van der Waals surface area contributed by atoms with Crippen LogP contribution in [0.2, 0.25) is 5.02 Å². The molecule has 2 N–H and O–H groups in total. The third-order valence-electron chi connectivity index (χ3n) is 6.73. The molecule has 0 saturated heterocycles. The van der Waals surface area contributed by atoms with E-state index in [2.05, 4.69) is 39.4 Å². The summed E-state index contributed by atoms with van der Waals surface area (Å²) in [6, 6.07) is 11.8. The number of aromatic carboxylic acids is 1. The van der Waals surface area contributed by atoms with E-state index in [1.54, 1.807) is 23.0 Å². The van der Waals surface area contributed by atoms with Gasteiger partial charge in [0.25, 0.3) is 0 Å². The van der Waals surface area contributed by atoms with Crippen molar-refractivity contribution in [3.63, 3.8) is 0 Å². The number of halogens is 1. The molecule has 0 amide bonds. The zero-order valence-corrected chi connectivity index (χ0v) is 19.5. The van der Waals surface area contributed by atoms with Crippen molar-refractivity contribution in [3.05, 3.63) is 76.1 Å². The molecule has 2 aliphatic rings. The maximum Gasteiger partial charge on any atom is 0.337 e. The van der Waals surface area contributed by atoms with Crippen LogP contribution < -0.4 is 5.32 Å². The van der Waals surface area contributed by atoms with Gasteiger partial charge in [0.05, 0.1) is 17.3 Å². The smallest absolute Gasteiger partial charge is 0.337 e. The van der Waals surface area contributed by atoms with Crippen LogP contribution in [0.4, 0.5) is 11.6 Å². The van der Waals surface area contributed by atoms with E-state index >= 15 is 0 Å². The van der Waals surface area contributed by atoms with Gasteiger partial charge in [-0.1, -0.05) is 29.8 Å². The first-order chi connectivity index (χ1) is 16.5. The number of anilines is 2. The summed E-state index contributed by atoms with van der Waals surface area (Å²) in [5, 5.41) is 14.0. The molecule has 34 heavy (non-hydrogen) atoms. The maximum atomic E-state index is 11.8. The van der Waals surface area contributed by atoms with E-state index < -0.39 is 5.97 Å². The Hall–Kier alpha value is -3.42. The van der Waals surface area contributed by atoms with Crippen LogP contribution in [-0.4, -0.2) is 44.1 Å². The summed E-state index contributed by atoms with van der Waals surface area (Å²) in [5.41, 5.74) is 6.20. The molecule has 3 heterocycles. The van der Waals surface area contributed by atoms with E-state index in [0.717, 1.165) is 30.7 Å². The predicted molar refractivity (Wildman–Crippen MR) is 133 cm³/mol. The Morgan fingerprint density at radius 2 is 2.06 bits per heavy atom. The fraction of sp³-hybridized carbons (Fsp3) is 0.269. The Morgan fingerprint density at radius 3 is 2.85 bits per heavy atom. The largest absolute Gasteiger partial charge is 0.478 e. The summed E-state index contributed by atoms with van der Waals surface area (Å²) >= 11 is 6.48. The highest BCUT2D eigenvalue weighted by Gasteiger charge is 2.29. The number of fused-ring (bicyclic) bond motifs is 2. The van der Waals surface area contributed by atoms with Gasteiger partial charge in [0.2, 0.25) is 5.95 Å². The number of benzene rings is 2. The first-order valence-electron chi connectivity index (χ1n) is 11.5. The quantitative estimate of drug-likeness (QED) is 0.405. The van der Waals surface area contributed by atoms with Crippen molar-refractivity contribution in [3.8, 4) is 5.82 Å². The SMILES string of the molecule is CN1CCc2c(cc(Nc3ncc(Cl)c(-n4cc(C(=O)O)c5ccccc54)n3)cc2C2CC2)C1. The normalized spacial score (nSPS) is 15.9. The van der Waals surface area contributed by atoms with Gasteiger partial charge in [0, 0.05) is 30.4 Å². The molecule has 7 nitrogen and oxygen atoms in total. The Bertz CT molecular complexity index is 1440. The van der Waals surface area contributed by atoms with Crippen molar-refractivity contribution in [1.82, 2.24) is 19.4 Å². The minimum atomic E-state index is -0.995. The minimum absolute atomic E-state index is 0.202. The fourth-order valence-corrected chi connectivity index (χ4v) is 5.13. The zero-order chi connectivity index (χ0) is 23.4. The van der Waals surface area contributed by atoms with Gasteiger partial charge in [-0.25, -0.2) is 9.78 Å². The van der Waals surface area contributed by atoms with Gasteiger partial charge >= 0.3 is 5.97 Å². The lowest BCUT2D eigenvalue weighted by molar-refractivity contribution is 0.0699. The van der Waals surface area contributed by atoms with E-state index in [-0.39, 0.29) is 5.56 Å². The molecule has 0 unspecified atom stereocenters. The van der Waals surface area contributed by atoms with E-state index in [1.165, 1.54) is 29.5 Å². The van der Waals surface area contributed by atoms with Crippen LogP contribution in [0, 0.1) is 0 Å². The number of likely N-dealkylation sites (N-methyl/N-ethyl adjacent to an activating group) is 1. The fourth-order valence-electron chi connectivity index (χ4n) is 4.95. The van der Waals surface area contributed by atoms with Crippen LogP contribution in [0.5, 0.6) is 0 Å². The number of carbonyl (C=O) groups is 1. The average molecular weight is 474 g/mol. The topological polar surface area (TPSA) is 83.3 Å². The molecule has 0 radical (unpaired) electrons. The summed E-state index contributed by atoms with van der Waals surface area (Å²) in [6.07, 6.45) is 6.70. The molecule has 2 aromatic carbocycles. The molecule has 0 bridgehead atoms. The van der Waals surface area contributed by atoms with E-state index in [4.69, 9.17) is 11.6 Å². The van der Waals surface area contributed by atoms with Gasteiger partial charge in [-0.3, -0.25) is 4.57 Å². The molecular weight excluding hydrogens is 450 g/mol. The number of carboxylic acids is 1. The summed E-state index contributed by atoms with van der Waals surface area (Å²) < 4.78 is 1.71. The second-order valence-electron chi connectivity index (χ2n) is 9.19. The second-order valence-corrected chi connectivity index (χ2v) is 9.60. The van der Waals surface area contributed by atoms with Crippen molar-refractivity contribution in [2.45, 2.75) is 31.7 Å². The third kappa shape index (κ3) is 3.71. The van der Waals surface area contributed by atoms with E-state index in [1.807, 2.05) is 18.2 Å². The van der Waals surface area contributed by atoms with Gasteiger partial charge < -0.3 is 15.3 Å². The average Bonchev–Trinajstić information content (AvgIpc) is 3.59. The minimum Gasteiger partial charge on any atom is -0.478 e. The van der Waals surface area contributed by atoms with Crippen molar-refractivity contribution >= 4 is 40.1 Å². The number of para-hydroxylation sites is 1. The summed E-state index contributed by atoms with van der Waals surface area (Å²) in [7, 11) is 2.15. The van der Waals surface area contributed by atoms with Gasteiger partial charge in [0.1, 0.15) is 5.02 Å². The van der Waals surface area contributed by atoms with Gasteiger partial charge in [-0.2, -0.15) is 4.98 Å². The lowest BCUT2D eigenvalue weighted by Crippen LogP contribution is -2.27. The molecule has 6 rings (SSSR count). The summed E-state index contributed by atoms with van der Waals surface area (Å²) in [5.74, 6) is 0.509. The molecule has 1 aliphatic carbocycles. The highest BCUT2D eigenvalue weighted by Crippen LogP contribution is 2.44. The molecule has 4 aromatic rings. The molecular formula is C26H24ClN5O2. The number of hydrogen-bond donors (Lipinski definition) is 2. The van der Waals surface area contributed by atoms with Gasteiger partial charge in [-0.05, 0) is 67.1 Å². The summed E-state index contributed by atoms with van der Waals surface area (Å²) in [4.78, 5) is 23.2. The van der Waals surface area contributed by atoms with Gasteiger partial charge in [0.15, 0.2) is 5.82 Å². The van der Waals surface area contributed by atoms with Crippen molar-refractivity contribution in [2.75, 3.05) is 18.9 Å². The molecule has 0 atom stereocenters. The van der Waals surface area contributed by atoms with Crippen LogP contribution in [0.25, 0.3) is 16.7 Å². The van der Waals surface area contributed by atoms with Crippen LogP contribution in [-0.2, 0) is 13.0 Å².